The van der Waals surface area contributed by atoms with E-state index in [1.807, 2.05) is 29.2 Å². The summed E-state index contributed by atoms with van der Waals surface area (Å²) in [7, 11) is 0. The minimum absolute atomic E-state index is 0.198. The highest BCUT2D eigenvalue weighted by Gasteiger charge is 2.23. The van der Waals surface area contributed by atoms with Gasteiger partial charge in [-0.05, 0) is 24.3 Å². The molecule has 0 saturated carbocycles. The highest BCUT2D eigenvalue weighted by Crippen LogP contribution is 2.30. The van der Waals surface area contributed by atoms with Gasteiger partial charge in [0.15, 0.2) is 5.76 Å². The van der Waals surface area contributed by atoms with Crippen LogP contribution in [0, 0.1) is 5.82 Å². The smallest absolute Gasteiger partial charge is 0.226 e. The maximum Gasteiger partial charge on any atom is 0.226 e. The van der Waals surface area contributed by atoms with Gasteiger partial charge in [-0.1, -0.05) is 12.1 Å². The maximum atomic E-state index is 14.1. The van der Waals surface area contributed by atoms with E-state index < -0.39 is 0 Å². The number of anilines is 2. The molecule has 3 aromatic heterocycles. The lowest BCUT2D eigenvalue weighted by Crippen LogP contribution is -2.47. The number of piperazine rings is 1. The van der Waals surface area contributed by atoms with Crippen LogP contribution in [0.2, 0.25) is 0 Å². The molecule has 8 heteroatoms. The Labute approximate surface area is 172 Å². The summed E-state index contributed by atoms with van der Waals surface area (Å²) >= 11 is 0. The number of hydrogen-bond acceptors (Lipinski definition) is 7. The quantitative estimate of drug-likeness (QED) is 0.516. The summed E-state index contributed by atoms with van der Waals surface area (Å²) in [4.78, 5) is 22.0. The van der Waals surface area contributed by atoms with Crippen LogP contribution in [0.25, 0.3) is 22.7 Å². The monoisotopic (exact) mass is 402 g/mol. The van der Waals surface area contributed by atoms with Crippen molar-refractivity contribution in [2.45, 2.75) is 0 Å². The Kier molecular flexibility index (Phi) is 4.80. The van der Waals surface area contributed by atoms with E-state index in [1.165, 1.54) is 6.07 Å². The van der Waals surface area contributed by atoms with Crippen LogP contribution < -0.4 is 9.80 Å². The van der Waals surface area contributed by atoms with Crippen LogP contribution in [0.1, 0.15) is 0 Å². The van der Waals surface area contributed by atoms with Crippen molar-refractivity contribution in [2.24, 2.45) is 0 Å². The lowest BCUT2D eigenvalue weighted by Gasteiger charge is -2.36. The lowest BCUT2D eigenvalue weighted by atomic mass is 10.1. The highest BCUT2D eigenvalue weighted by molar-refractivity contribution is 5.76. The molecule has 150 valence electrons. The van der Waals surface area contributed by atoms with Crippen LogP contribution in [0.3, 0.4) is 0 Å². The zero-order valence-electron chi connectivity index (χ0n) is 16.1. The molecule has 1 aliphatic rings. The maximum absolute atomic E-state index is 14.1. The van der Waals surface area contributed by atoms with Gasteiger partial charge in [0, 0.05) is 50.3 Å². The number of aromatic nitrogens is 4. The number of halogens is 1. The van der Waals surface area contributed by atoms with Gasteiger partial charge < -0.3 is 14.2 Å². The van der Waals surface area contributed by atoms with E-state index >= 15 is 0 Å². The summed E-state index contributed by atoms with van der Waals surface area (Å²) in [6, 6.07) is 10.6. The molecular weight excluding hydrogens is 383 g/mol. The van der Waals surface area contributed by atoms with Crippen molar-refractivity contribution in [3.05, 3.63) is 73.3 Å². The van der Waals surface area contributed by atoms with Crippen molar-refractivity contribution in [3.63, 3.8) is 0 Å². The first-order valence-electron chi connectivity index (χ1n) is 9.71. The largest absolute Gasteiger partial charge is 0.463 e. The highest BCUT2D eigenvalue weighted by atomic mass is 19.1. The Morgan fingerprint density at radius 2 is 1.70 bits per heavy atom. The first-order chi connectivity index (χ1) is 14.8. The fourth-order valence-corrected chi connectivity index (χ4v) is 3.61. The molecule has 1 aromatic carbocycles. The van der Waals surface area contributed by atoms with Gasteiger partial charge in [0.05, 0.1) is 23.8 Å². The van der Waals surface area contributed by atoms with Crippen molar-refractivity contribution in [2.75, 3.05) is 36.0 Å². The Hall–Kier alpha value is -3.81. The summed E-state index contributed by atoms with van der Waals surface area (Å²) in [5, 5.41) is 0. The molecule has 4 aromatic rings. The van der Waals surface area contributed by atoms with E-state index in [2.05, 4.69) is 19.9 Å². The van der Waals surface area contributed by atoms with Gasteiger partial charge in [-0.3, -0.25) is 9.97 Å². The minimum atomic E-state index is -0.198. The van der Waals surface area contributed by atoms with E-state index in [0.29, 0.717) is 55.0 Å². The first kappa shape index (κ1) is 18.2. The van der Waals surface area contributed by atoms with Crippen LogP contribution in [0.15, 0.2) is 71.9 Å². The molecule has 0 aliphatic carbocycles. The number of rotatable bonds is 4. The second-order valence-corrected chi connectivity index (χ2v) is 6.93. The van der Waals surface area contributed by atoms with E-state index in [9.17, 15) is 4.39 Å². The van der Waals surface area contributed by atoms with Crippen LogP contribution in [-0.2, 0) is 0 Å². The minimum Gasteiger partial charge on any atom is -0.463 e. The normalized spacial score (nSPS) is 14.2. The van der Waals surface area contributed by atoms with Crippen LogP contribution in [0.5, 0.6) is 0 Å². The Morgan fingerprint density at radius 3 is 2.43 bits per heavy atom. The fraction of sp³-hybridized carbons (Fsp3) is 0.182. The average Bonchev–Trinajstić information content (AvgIpc) is 3.35. The van der Waals surface area contributed by atoms with Crippen LogP contribution in [-0.4, -0.2) is 46.1 Å². The number of benzene rings is 1. The predicted molar refractivity (Wildman–Crippen MR) is 112 cm³/mol. The lowest BCUT2D eigenvalue weighted by molar-refractivity contribution is 0.578. The summed E-state index contributed by atoms with van der Waals surface area (Å²) < 4.78 is 19.7. The number of furan rings is 1. The topological polar surface area (TPSA) is 71.2 Å². The van der Waals surface area contributed by atoms with E-state index in [0.717, 1.165) is 5.56 Å². The van der Waals surface area contributed by atoms with Crippen molar-refractivity contribution < 1.29 is 8.81 Å². The van der Waals surface area contributed by atoms with Gasteiger partial charge in [0.1, 0.15) is 11.5 Å². The second-order valence-electron chi connectivity index (χ2n) is 6.93. The molecule has 30 heavy (non-hydrogen) atoms. The molecule has 0 bridgehead atoms. The molecular formula is C22H19FN6O. The molecule has 0 amide bonds. The molecule has 1 aliphatic heterocycles. The SMILES string of the molecule is Fc1ccccc1N1CCN(c2ncc(-c3cnccn3)c(-c3ccco3)n2)CC1. The molecule has 4 heterocycles. The summed E-state index contributed by atoms with van der Waals surface area (Å²) in [5.41, 5.74) is 2.74. The number of hydrogen-bond donors (Lipinski definition) is 0. The van der Waals surface area contributed by atoms with Crippen LogP contribution in [0.4, 0.5) is 16.0 Å². The van der Waals surface area contributed by atoms with Gasteiger partial charge in [0.25, 0.3) is 0 Å². The van der Waals surface area contributed by atoms with Crippen molar-refractivity contribution in [3.8, 4) is 22.7 Å². The zero-order valence-corrected chi connectivity index (χ0v) is 16.1. The molecule has 5 rings (SSSR count). The Balaban J connectivity index is 1.42. The van der Waals surface area contributed by atoms with E-state index in [4.69, 9.17) is 9.40 Å². The average molecular weight is 402 g/mol. The standard InChI is InChI=1S/C22H19FN6O/c23-17-4-1-2-5-19(17)28-9-11-29(12-10-28)22-26-14-16(18-15-24-7-8-25-18)21(27-22)20-6-3-13-30-20/h1-8,13-15H,9-12H2. The van der Waals surface area contributed by atoms with E-state index in [1.54, 1.807) is 37.1 Å². The van der Waals surface area contributed by atoms with Crippen LogP contribution >= 0.6 is 0 Å². The Bertz CT molecular complexity index is 1130. The third-order valence-electron chi connectivity index (χ3n) is 5.13. The van der Waals surface area contributed by atoms with Gasteiger partial charge in [0.2, 0.25) is 5.95 Å². The second kappa shape index (κ2) is 7.90. The molecule has 0 N–H and O–H groups in total. The number of nitrogens with zero attached hydrogens (tertiary/aromatic N) is 6. The molecule has 0 spiro atoms. The molecule has 0 radical (unpaired) electrons. The molecule has 0 unspecified atom stereocenters. The van der Waals surface area contributed by atoms with Crippen molar-refractivity contribution >= 4 is 11.6 Å². The van der Waals surface area contributed by atoms with E-state index in [-0.39, 0.29) is 5.82 Å². The van der Waals surface area contributed by atoms with Gasteiger partial charge in [-0.15, -0.1) is 0 Å². The van der Waals surface area contributed by atoms with Crippen molar-refractivity contribution in [1.82, 2.24) is 19.9 Å². The molecule has 7 nitrogen and oxygen atoms in total. The first-order valence-corrected chi connectivity index (χ1v) is 9.71. The third-order valence-corrected chi connectivity index (χ3v) is 5.13. The fourth-order valence-electron chi connectivity index (χ4n) is 3.61. The summed E-state index contributed by atoms with van der Waals surface area (Å²) in [5.74, 6) is 1.06. The zero-order chi connectivity index (χ0) is 20.3. The molecule has 0 atom stereocenters. The van der Waals surface area contributed by atoms with Gasteiger partial charge >= 0.3 is 0 Å². The summed E-state index contributed by atoms with van der Waals surface area (Å²) in [6.45, 7) is 2.76. The molecule has 1 saturated heterocycles. The Morgan fingerprint density at radius 1 is 0.867 bits per heavy atom. The molecule has 1 fully saturated rings. The van der Waals surface area contributed by atoms with Gasteiger partial charge in [-0.2, -0.15) is 0 Å². The number of para-hydroxylation sites is 1. The third kappa shape index (κ3) is 3.47. The predicted octanol–water partition coefficient (Wildman–Crippen LogP) is 3.66. The van der Waals surface area contributed by atoms with Crippen molar-refractivity contribution in [1.29, 1.82) is 0 Å². The van der Waals surface area contributed by atoms with Gasteiger partial charge in [-0.25, -0.2) is 14.4 Å². The summed E-state index contributed by atoms with van der Waals surface area (Å²) in [6.07, 6.45) is 8.31.